The molecule has 0 saturated carbocycles. The van der Waals surface area contributed by atoms with Gasteiger partial charge in [0.1, 0.15) is 23.6 Å². The van der Waals surface area contributed by atoms with E-state index in [1.807, 2.05) is 6.07 Å². The molecule has 204 valence electrons. The summed E-state index contributed by atoms with van der Waals surface area (Å²) in [6, 6.07) is 22.1. The second kappa shape index (κ2) is 11.5. The van der Waals surface area contributed by atoms with Crippen LogP contribution in [0.2, 0.25) is 0 Å². The van der Waals surface area contributed by atoms with Crippen LogP contribution in [0.15, 0.2) is 100.0 Å². The Labute approximate surface area is 232 Å². The van der Waals surface area contributed by atoms with Crippen LogP contribution in [0.4, 0.5) is 5.69 Å². The summed E-state index contributed by atoms with van der Waals surface area (Å²) in [5.74, 6) is -2.05. The summed E-state index contributed by atoms with van der Waals surface area (Å²) in [4.78, 5) is 60.1. The molecule has 11 heteroatoms. The average Bonchev–Trinajstić information content (AvgIpc) is 3.43. The van der Waals surface area contributed by atoms with E-state index in [2.05, 4.69) is 15.3 Å². The van der Waals surface area contributed by atoms with Crippen molar-refractivity contribution in [3.63, 3.8) is 0 Å². The van der Waals surface area contributed by atoms with Gasteiger partial charge < -0.3 is 20.2 Å². The largest absolute Gasteiger partial charge is 0.465 e. The standard InChI is InChI=1S/C30H23N5O6/c1-40-30(39)20-12-13-24-22(15-20)34-28(41-24)26(37)23(14-18-8-4-2-5-9-18)33-25(36)17-35-27(19-10-6-3-7-11-19)32-16-21(31)29(35)38/h2-16H,17,31H2,1H3,(H,33,36). The maximum Gasteiger partial charge on any atom is 0.337 e. The lowest BCUT2D eigenvalue weighted by Gasteiger charge is -2.13. The molecule has 5 rings (SSSR count). The molecular formula is C30H23N5O6. The van der Waals surface area contributed by atoms with E-state index in [9.17, 15) is 19.2 Å². The van der Waals surface area contributed by atoms with Crippen LogP contribution in [0.5, 0.6) is 0 Å². The number of oxazole rings is 1. The molecule has 3 aromatic carbocycles. The number of nitrogen functional groups attached to an aromatic ring is 1. The number of carbonyl (C=O) groups excluding carboxylic acids is 3. The van der Waals surface area contributed by atoms with E-state index in [0.29, 0.717) is 11.1 Å². The minimum atomic E-state index is -0.723. The van der Waals surface area contributed by atoms with Gasteiger partial charge in [-0.25, -0.2) is 14.8 Å². The van der Waals surface area contributed by atoms with E-state index in [-0.39, 0.29) is 39.8 Å². The fourth-order valence-electron chi connectivity index (χ4n) is 4.06. The second-order valence-electron chi connectivity index (χ2n) is 8.83. The summed E-state index contributed by atoms with van der Waals surface area (Å²) in [6.45, 7) is -0.476. The molecular weight excluding hydrogens is 526 g/mol. The molecule has 11 nitrogen and oxygen atoms in total. The number of amides is 1. The molecule has 5 aromatic rings. The highest BCUT2D eigenvalue weighted by molar-refractivity contribution is 6.11. The van der Waals surface area contributed by atoms with Crippen molar-refractivity contribution in [1.29, 1.82) is 0 Å². The van der Waals surface area contributed by atoms with Crippen molar-refractivity contribution in [2.24, 2.45) is 0 Å². The third-order valence-corrected chi connectivity index (χ3v) is 6.04. The number of ketones is 1. The Balaban J connectivity index is 1.49. The lowest BCUT2D eigenvalue weighted by atomic mass is 10.1. The number of aromatic nitrogens is 3. The first-order valence-electron chi connectivity index (χ1n) is 12.3. The molecule has 2 aromatic heterocycles. The molecule has 0 aliphatic carbocycles. The monoisotopic (exact) mass is 549 g/mol. The SMILES string of the molecule is COC(=O)c1ccc2oc(C(=O)C(=Cc3ccccc3)NC(=O)Cn3c(-c4ccccc4)ncc(N)c3=O)nc2c1. The smallest absolute Gasteiger partial charge is 0.337 e. The number of benzene rings is 3. The predicted molar refractivity (Wildman–Crippen MR) is 151 cm³/mol. The van der Waals surface area contributed by atoms with Gasteiger partial charge in [-0.1, -0.05) is 60.7 Å². The molecule has 41 heavy (non-hydrogen) atoms. The zero-order valence-electron chi connectivity index (χ0n) is 21.7. The summed E-state index contributed by atoms with van der Waals surface area (Å²) in [5, 5.41) is 2.59. The van der Waals surface area contributed by atoms with Gasteiger partial charge in [-0.2, -0.15) is 0 Å². The van der Waals surface area contributed by atoms with Crippen molar-refractivity contribution in [1.82, 2.24) is 19.9 Å². The summed E-state index contributed by atoms with van der Waals surface area (Å²) < 4.78 is 11.5. The molecule has 0 fully saturated rings. The molecule has 0 bridgehead atoms. The van der Waals surface area contributed by atoms with Crippen molar-refractivity contribution in [2.75, 3.05) is 12.8 Å². The van der Waals surface area contributed by atoms with Gasteiger partial charge in [0.2, 0.25) is 5.91 Å². The summed E-state index contributed by atoms with van der Waals surface area (Å²) in [7, 11) is 1.25. The minimum Gasteiger partial charge on any atom is -0.465 e. The van der Waals surface area contributed by atoms with Gasteiger partial charge in [0, 0.05) is 5.56 Å². The summed E-state index contributed by atoms with van der Waals surface area (Å²) in [5.41, 5.74) is 6.89. The lowest BCUT2D eigenvalue weighted by Crippen LogP contribution is -2.35. The minimum absolute atomic E-state index is 0.133. The first-order valence-corrected chi connectivity index (χ1v) is 12.3. The van der Waals surface area contributed by atoms with Gasteiger partial charge in [-0.3, -0.25) is 19.0 Å². The van der Waals surface area contributed by atoms with Crippen molar-refractivity contribution in [2.45, 2.75) is 6.54 Å². The zero-order chi connectivity index (χ0) is 28.9. The van der Waals surface area contributed by atoms with E-state index in [0.717, 1.165) is 4.57 Å². The molecule has 0 saturated heterocycles. The number of nitrogens with one attached hydrogen (secondary N) is 1. The molecule has 2 heterocycles. The Hall–Kier alpha value is -5.84. The number of esters is 1. The second-order valence-corrected chi connectivity index (χ2v) is 8.83. The number of methoxy groups -OCH3 is 1. The van der Waals surface area contributed by atoms with Crippen LogP contribution in [0, 0.1) is 0 Å². The quantitative estimate of drug-likeness (QED) is 0.168. The number of ether oxygens (including phenoxy) is 1. The Morgan fingerprint density at radius 1 is 1.02 bits per heavy atom. The van der Waals surface area contributed by atoms with Gasteiger partial charge >= 0.3 is 5.97 Å². The number of carbonyl (C=O) groups is 3. The van der Waals surface area contributed by atoms with Crippen LogP contribution in [0.1, 0.15) is 26.6 Å². The predicted octanol–water partition coefficient (Wildman–Crippen LogP) is 3.46. The molecule has 0 spiro atoms. The fourth-order valence-corrected chi connectivity index (χ4v) is 4.06. The molecule has 3 N–H and O–H groups in total. The third kappa shape index (κ3) is 5.78. The van der Waals surface area contributed by atoms with Crippen LogP contribution in [-0.4, -0.2) is 39.3 Å². The zero-order valence-corrected chi connectivity index (χ0v) is 21.7. The van der Waals surface area contributed by atoms with Gasteiger partial charge in [-0.05, 0) is 29.8 Å². The van der Waals surface area contributed by atoms with Crippen LogP contribution < -0.4 is 16.6 Å². The van der Waals surface area contributed by atoms with Gasteiger partial charge in [0.15, 0.2) is 5.58 Å². The van der Waals surface area contributed by atoms with Crippen LogP contribution in [0.3, 0.4) is 0 Å². The summed E-state index contributed by atoms with van der Waals surface area (Å²) in [6.07, 6.45) is 2.70. The van der Waals surface area contributed by atoms with E-state index < -0.39 is 29.8 Å². The van der Waals surface area contributed by atoms with Gasteiger partial charge in [0.05, 0.1) is 24.6 Å². The molecule has 0 unspecified atom stereocenters. The maximum absolute atomic E-state index is 13.6. The van der Waals surface area contributed by atoms with E-state index >= 15 is 0 Å². The molecule has 0 aliphatic rings. The van der Waals surface area contributed by atoms with Crippen molar-refractivity contribution in [3.05, 3.63) is 118 Å². The number of allylic oxidation sites excluding steroid dienone is 1. The highest BCUT2D eigenvalue weighted by Crippen LogP contribution is 2.21. The van der Waals surface area contributed by atoms with E-state index in [4.69, 9.17) is 14.9 Å². The number of hydrogen-bond donors (Lipinski definition) is 2. The first-order chi connectivity index (χ1) is 19.8. The topological polar surface area (TPSA) is 159 Å². The number of fused-ring (bicyclic) bond motifs is 1. The number of hydrogen-bond acceptors (Lipinski definition) is 9. The van der Waals surface area contributed by atoms with E-state index in [1.54, 1.807) is 54.6 Å². The molecule has 1 amide bonds. The van der Waals surface area contributed by atoms with Crippen molar-refractivity contribution < 1.29 is 23.5 Å². The Bertz CT molecular complexity index is 1860. The number of rotatable bonds is 8. The Morgan fingerprint density at radius 2 is 1.73 bits per heavy atom. The maximum atomic E-state index is 13.6. The first kappa shape index (κ1) is 26.8. The lowest BCUT2D eigenvalue weighted by molar-refractivity contribution is -0.120. The third-order valence-electron chi connectivity index (χ3n) is 6.04. The fraction of sp³-hybridized carbons (Fsp3) is 0.0667. The van der Waals surface area contributed by atoms with Crippen LogP contribution in [-0.2, 0) is 16.1 Å². The Morgan fingerprint density at radius 3 is 2.44 bits per heavy atom. The highest BCUT2D eigenvalue weighted by atomic mass is 16.5. The molecule has 0 aliphatic heterocycles. The number of nitrogens with zero attached hydrogens (tertiary/aromatic N) is 3. The van der Waals surface area contributed by atoms with Crippen LogP contribution >= 0.6 is 0 Å². The number of Topliss-reactive ketones (excluding diaryl/α,β-unsaturated/α-hetero) is 1. The summed E-state index contributed by atoms with van der Waals surface area (Å²) >= 11 is 0. The Kier molecular flexibility index (Phi) is 7.50. The van der Waals surface area contributed by atoms with Crippen molar-refractivity contribution >= 4 is 40.5 Å². The van der Waals surface area contributed by atoms with Crippen molar-refractivity contribution in [3.8, 4) is 11.4 Å². The van der Waals surface area contributed by atoms with Crippen LogP contribution in [0.25, 0.3) is 28.6 Å². The number of nitrogens with two attached hydrogens (primary N) is 1. The average molecular weight is 550 g/mol. The number of anilines is 1. The molecule has 0 radical (unpaired) electrons. The normalized spacial score (nSPS) is 11.3. The van der Waals surface area contributed by atoms with Gasteiger partial charge in [-0.15, -0.1) is 0 Å². The van der Waals surface area contributed by atoms with Gasteiger partial charge in [0.25, 0.3) is 17.2 Å². The highest BCUT2D eigenvalue weighted by Gasteiger charge is 2.23. The molecule has 0 atom stereocenters. The van der Waals surface area contributed by atoms with E-state index in [1.165, 1.54) is 37.6 Å².